The first-order valence-corrected chi connectivity index (χ1v) is 9.06. The Balaban J connectivity index is 1.58. The largest absolute Gasteiger partial charge is 0.487 e. The number of rotatable bonds is 6. The monoisotopic (exact) mass is 346 g/mol. The van der Waals surface area contributed by atoms with Crippen LogP contribution in [-0.4, -0.2) is 29.6 Å². The van der Waals surface area contributed by atoms with Crippen LogP contribution in [-0.2, 0) is 11.3 Å². The molecule has 0 radical (unpaired) electrons. The zero-order valence-electron chi connectivity index (χ0n) is 14.0. The molecule has 2 aromatic rings. The summed E-state index contributed by atoms with van der Waals surface area (Å²) < 4.78 is 11.4. The Morgan fingerprint density at radius 3 is 3.12 bits per heavy atom. The number of hydrogen-bond donors (Lipinski definition) is 1. The number of ether oxygens (including phenoxy) is 2. The van der Waals surface area contributed by atoms with E-state index in [1.807, 2.05) is 31.4 Å². The summed E-state index contributed by atoms with van der Waals surface area (Å²) in [5.41, 5.74) is 1.49. The third-order valence-corrected chi connectivity index (χ3v) is 4.85. The van der Waals surface area contributed by atoms with Crippen LogP contribution < -0.4 is 10.1 Å². The molecule has 2 atom stereocenters. The first-order valence-electron chi connectivity index (χ1n) is 8.18. The normalized spacial score (nSPS) is 18.3. The first-order chi connectivity index (χ1) is 11.6. The topological polar surface area (TPSA) is 60.5 Å². The fourth-order valence-electron chi connectivity index (χ4n) is 2.74. The highest BCUT2D eigenvalue weighted by atomic mass is 32.1. The lowest BCUT2D eigenvalue weighted by Crippen LogP contribution is -2.40. The number of thiazole rings is 1. The molecule has 0 saturated carbocycles. The van der Waals surface area contributed by atoms with Gasteiger partial charge in [-0.05, 0) is 44.9 Å². The number of carbonyl (C=O) groups excluding carboxylic acids is 1. The SMILES string of the molecule is Cc1nc(COc2cccc(C(=O)N[C@H](C)[C@@H]3CCCO3)c2)cs1. The fourth-order valence-corrected chi connectivity index (χ4v) is 3.34. The summed E-state index contributed by atoms with van der Waals surface area (Å²) in [5.74, 6) is 0.561. The number of benzene rings is 1. The van der Waals surface area contributed by atoms with Gasteiger partial charge in [0.15, 0.2) is 0 Å². The van der Waals surface area contributed by atoms with Gasteiger partial charge >= 0.3 is 0 Å². The summed E-state index contributed by atoms with van der Waals surface area (Å²) in [7, 11) is 0. The molecule has 3 rings (SSSR count). The molecule has 2 heterocycles. The Labute approximate surface area is 146 Å². The molecule has 1 aliphatic rings. The second kappa shape index (κ2) is 7.77. The Bertz CT molecular complexity index is 695. The Morgan fingerprint density at radius 2 is 2.42 bits per heavy atom. The number of amides is 1. The van der Waals surface area contributed by atoms with E-state index < -0.39 is 0 Å². The molecule has 0 bridgehead atoms. The van der Waals surface area contributed by atoms with Crippen molar-refractivity contribution in [3.63, 3.8) is 0 Å². The molecule has 6 heteroatoms. The average molecular weight is 346 g/mol. The Hall–Kier alpha value is -1.92. The molecule has 0 aliphatic carbocycles. The summed E-state index contributed by atoms with van der Waals surface area (Å²) >= 11 is 1.60. The van der Waals surface area contributed by atoms with Gasteiger partial charge in [0, 0.05) is 17.6 Å². The summed E-state index contributed by atoms with van der Waals surface area (Å²) in [6, 6.07) is 7.23. The van der Waals surface area contributed by atoms with Crippen molar-refractivity contribution in [2.24, 2.45) is 0 Å². The van der Waals surface area contributed by atoms with E-state index in [9.17, 15) is 4.79 Å². The van der Waals surface area contributed by atoms with Crippen LogP contribution in [0.2, 0.25) is 0 Å². The second-order valence-corrected chi connectivity index (χ2v) is 7.05. The number of nitrogens with zero attached hydrogens (tertiary/aromatic N) is 1. The van der Waals surface area contributed by atoms with Crippen molar-refractivity contribution in [2.75, 3.05) is 6.61 Å². The number of carbonyl (C=O) groups is 1. The van der Waals surface area contributed by atoms with Gasteiger partial charge in [-0.25, -0.2) is 4.98 Å². The lowest BCUT2D eigenvalue weighted by atomic mass is 10.1. The van der Waals surface area contributed by atoms with Gasteiger partial charge in [0.2, 0.25) is 0 Å². The van der Waals surface area contributed by atoms with Gasteiger partial charge < -0.3 is 14.8 Å². The first kappa shape index (κ1) is 16.9. The van der Waals surface area contributed by atoms with E-state index in [0.717, 1.165) is 30.2 Å². The molecular weight excluding hydrogens is 324 g/mol. The maximum atomic E-state index is 12.4. The lowest BCUT2D eigenvalue weighted by Gasteiger charge is -2.20. The molecule has 128 valence electrons. The minimum atomic E-state index is -0.104. The van der Waals surface area contributed by atoms with Crippen LogP contribution in [0.15, 0.2) is 29.6 Å². The molecule has 1 saturated heterocycles. The van der Waals surface area contributed by atoms with Gasteiger partial charge in [-0.3, -0.25) is 4.79 Å². The van der Waals surface area contributed by atoms with E-state index in [1.54, 1.807) is 23.5 Å². The maximum absolute atomic E-state index is 12.4. The highest BCUT2D eigenvalue weighted by Crippen LogP contribution is 2.18. The van der Waals surface area contributed by atoms with Crippen LogP contribution in [0.25, 0.3) is 0 Å². The van der Waals surface area contributed by atoms with Crippen molar-refractivity contribution in [3.8, 4) is 5.75 Å². The second-order valence-electron chi connectivity index (χ2n) is 5.99. The highest BCUT2D eigenvalue weighted by Gasteiger charge is 2.24. The Kier molecular flexibility index (Phi) is 5.48. The molecule has 1 N–H and O–H groups in total. The molecule has 24 heavy (non-hydrogen) atoms. The number of aromatic nitrogens is 1. The van der Waals surface area contributed by atoms with Crippen molar-refractivity contribution >= 4 is 17.2 Å². The van der Waals surface area contributed by atoms with Crippen molar-refractivity contribution < 1.29 is 14.3 Å². The van der Waals surface area contributed by atoms with Crippen molar-refractivity contribution in [3.05, 3.63) is 45.9 Å². The number of nitrogens with one attached hydrogen (secondary N) is 1. The van der Waals surface area contributed by atoms with Gasteiger partial charge in [-0.1, -0.05) is 6.07 Å². The van der Waals surface area contributed by atoms with Crippen LogP contribution >= 0.6 is 11.3 Å². The van der Waals surface area contributed by atoms with Gasteiger partial charge in [0.25, 0.3) is 5.91 Å². The average Bonchev–Trinajstić information content (AvgIpc) is 3.25. The fraction of sp³-hybridized carbons (Fsp3) is 0.444. The maximum Gasteiger partial charge on any atom is 0.251 e. The van der Waals surface area contributed by atoms with E-state index in [0.29, 0.717) is 17.9 Å². The van der Waals surface area contributed by atoms with Crippen LogP contribution in [0, 0.1) is 6.92 Å². The number of aryl methyl sites for hydroxylation is 1. The van der Waals surface area contributed by atoms with E-state index in [1.165, 1.54) is 0 Å². The smallest absolute Gasteiger partial charge is 0.251 e. The van der Waals surface area contributed by atoms with Gasteiger partial charge in [0.1, 0.15) is 12.4 Å². The summed E-state index contributed by atoms with van der Waals surface area (Å²) in [5, 5.41) is 6.01. The van der Waals surface area contributed by atoms with E-state index >= 15 is 0 Å². The number of hydrogen-bond acceptors (Lipinski definition) is 5. The van der Waals surface area contributed by atoms with Crippen molar-refractivity contribution in [2.45, 2.75) is 45.4 Å². The molecule has 1 amide bonds. The van der Waals surface area contributed by atoms with Crippen LogP contribution in [0.1, 0.15) is 40.8 Å². The van der Waals surface area contributed by atoms with Gasteiger partial charge in [0.05, 0.1) is 22.8 Å². The molecule has 5 nitrogen and oxygen atoms in total. The molecular formula is C18H22N2O3S. The standard InChI is InChI=1S/C18H22N2O3S/c1-12(17-7-4-8-22-17)19-18(21)14-5-3-6-16(9-14)23-10-15-11-24-13(2)20-15/h3,5-6,9,11-12,17H,4,7-8,10H2,1-2H3,(H,19,21)/t12-,17+/m1/s1. The zero-order chi connectivity index (χ0) is 16.9. The molecule has 0 unspecified atom stereocenters. The molecule has 1 fully saturated rings. The zero-order valence-corrected chi connectivity index (χ0v) is 14.8. The van der Waals surface area contributed by atoms with E-state index in [-0.39, 0.29) is 18.1 Å². The molecule has 0 spiro atoms. The predicted molar refractivity (Wildman–Crippen MR) is 93.5 cm³/mol. The quantitative estimate of drug-likeness (QED) is 0.871. The predicted octanol–water partition coefficient (Wildman–Crippen LogP) is 3.33. The minimum Gasteiger partial charge on any atom is -0.487 e. The van der Waals surface area contributed by atoms with E-state index in [2.05, 4.69) is 10.3 Å². The van der Waals surface area contributed by atoms with Gasteiger partial charge in [-0.2, -0.15) is 0 Å². The third-order valence-electron chi connectivity index (χ3n) is 4.03. The highest BCUT2D eigenvalue weighted by molar-refractivity contribution is 7.09. The molecule has 1 aliphatic heterocycles. The van der Waals surface area contributed by atoms with Crippen molar-refractivity contribution in [1.82, 2.24) is 10.3 Å². The van der Waals surface area contributed by atoms with E-state index in [4.69, 9.17) is 9.47 Å². The summed E-state index contributed by atoms with van der Waals surface area (Å²) in [4.78, 5) is 16.8. The van der Waals surface area contributed by atoms with Crippen LogP contribution in [0.4, 0.5) is 0 Å². The minimum absolute atomic E-state index is 0.00237. The van der Waals surface area contributed by atoms with Crippen LogP contribution in [0.3, 0.4) is 0 Å². The summed E-state index contributed by atoms with van der Waals surface area (Å²) in [6.45, 7) is 5.14. The Morgan fingerprint density at radius 1 is 1.54 bits per heavy atom. The van der Waals surface area contributed by atoms with Crippen LogP contribution in [0.5, 0.6) is 5.75 Å². The van der Waals surface area contributed by atoms with Crippen molar-refractivity contribution in [1.29, 1.82) is 0 Å². The van der Waals surface area contributed by atoms with Gasteiger partial charge in [-0.15, -0.1) is 11.3 Å². The lowest BCUT2D eigenvalue weighted by molar-refractivity contribution is 0.0712. The summed E-state index contributed by atoms with van der Waals surface area (Å²) in [6.07, 6.45) is 2.17. The molecule has 1 aromatic carbocycles. The molecule has 1 aromatic heterocycles. The third kappa shape index (κ3) is 4.33.